The highest BCUT2D eigenvalue weighted by atomic mass is 35.5. The fraction of sp³-hybridized carbons (Fsp3) is 0.385. The van der Waals surface area contributed by atoms with E-state index in [9.17, 15) is 4.79 Å². The molecule has 90 valence electrons. The number of hydrogen-bond acceptors (Lipinski definition) is 3. The van der Waals surface area contributed by atoms with Crippen LogP contribution in [0.25, 0.3) is 0 Å². The van der Waals surface area contributed by atoms with Gasteiger partial charge in [-0.25, -0.2) is 4.79 Å². The first-order valence-electron chi connectivity index (χ1n) is 5.56. The Morgan fingerprint density at radius 2 is 2.35 bits per heavy atom. The second kappa shape index (κ2) is 5.63. The second-order valence-corrected chi connectivity index (χ2v) is 5.37. The Balaban J connectivity index is 2.30. The third-order valence-corrected chi connectivity index (χ3v) is 4.07. The molecule has 0 aromatic heterocycles. The van der Waals surface area contributed by atoms with Crippen molar-refractivity contribution in [3.63, 3.8) is 0 Å². The van der Waals surface area contributed by atoms with Crippen molar-refractivity contribution in [3.8, 4) is 0 Å². The largest absolute Gasteiger partial charge is 0.379 e. The monoisotopic (exact) mass is 267 g/mol. The summed E-state index contributed by atoms with van der Waals surface area (Å²) in [6.07, 6.45) is 3.84. The second-order valence-electron chi connectivity index (χ2n) is 4.08. The molecule has 2 nitrogen and oxygen atoms in total. The van der Waals surface area contributed by atoms with E-state index in [1.165, 1.54) is 10.5 Å². The van der Waals surface area contributed by atoms with Gasteiger partial charge < -0.3 is 5.32 Å². The minimum Gasteiger partial charge on any atom is -0.379 e. The first kappa shape index (κ1) is 12.6. The van der Waals surface area contributed by atoms with Crippen molar-refractivity contribution in [2.24, 2.45) is 0 Å². The summed E-state index contributed by atoms with van der Waals surface area (Å²) in [7, 11) is 0. The van der Waals surface area contributed by atoms with Gasteiger partial charge in [-0.3, -0.25) is 0 Å². The van der Waals surface area contributed by atoms with Gasteiger partial charge in [0.05, 0.1) is 5.70 Å². The predicted molar refractivity (Wildman–Crippen MR) is 72.4 cm³/mol. The smallest absolute Gasteiger partial charge is 0.145 e. The SMILES string of the molecule is CSc1cc(Cl)ccc1C1CCNC(=C=O)C1. The normalized spacial score (nSPS) is 19.6. The zero-order valence-corrected chi connectivity index (χ0v) is 11.2. The van der Waals surface area contributed by atoms with Crippen molar-refractivity contribution in [2.75, 3.05) is 12.8 Å². The average Bonchev–Trinajstić information content (AvgIpc) is 2.38. The van der Waals surface area contributed by atoms with Gasteiger partial charge in [-0.05, 0) is 36.3 Å². The lowest BCUT2D eigenvalue weighted by molar-refractivity contribution is 0.504. The summed E-state index contributed by atoms with van der Waals surface area (Å²) in [4.78, 5) is 11.9. The van der Waals surface area contributed by atoms with Crippen molar-refractivity contribution in [2.45, 2.75) is 23.7 Å². The lowest BCUT2D eigenvalue weighted by Gasteiger charge is -2.25. The molecule has 1 heterocycles. The summed E-state index contributed by atoms with van der Waals surface area (Å²) in [5.41, 5.74) is 1.97. The van der Waals surface area contributed by atoms with Crippen LogP contribution in [0.2, 0.25) is 5.02 Å². The zero-order chi connectivity index (χ0) is 12.3. The van der Waals surface area contributed by atoms with Crippen LogP contribution in [0, 0.1) is 0 Å². The Morgan fingerprint density at radius 1 is 1.53 bits per heavy atom. The molecule has 1 atom stereocenters. The first-order chi connectivity index (χ1) is 8.24. The van der Waals surface area contributed by atoms with Crippen LogP contribution in [0.15, 0.2) is 28.8 Å². The van der Waals surface area contributed by atoms with Crippen LogP contribution < -0.4 is 5.32 Å². The van der Waals surface area contributed by atoms with Gasteiger partial charge in [-0.1, -0.05) is 17.7 Å². The minimum absolute atomic E-state index is 0.396. The maximum atomic E-state index is 10.7. The van der Waals surface area contributed by atoms with Gasteiger partial charge in [-0.15, -0.1) is 11.8 Å². The van der Waals surface area contributed by atoms with E-state index in [1.807, 2.05) is 24.3 Å². The topological polar surface area (TPSA) is 29.1 Å². The van der Waals surface area contributed by atoms with Gasteiger partial charge in [0.25, 0.3) is 0 Å². The van der Waals surface area contributed by atoms with E-state index in [4.69, 9.17) is 11.6 Å². The number of allylic oxidation sites excluding steroid dienone is 1. The fourth-order valence-corrected chi connectivity index (χ4v) is 3.14. The van der Waals surface area contributed by atoms with Crippen LogP contribution in [0.5, 0.6) is 0 Å². The third-order valence-electron chi connectivity index (χ3n) is 3.04. The van der Waals surface area contributed by atoms with E-state index in [0.29, 0.717) is 11.6 Å². The van der Waals surface area contributed by atoms with Gasteiger partial charge in [-0.2, -0.15) is 0 Å². The molecule has 17 heavy (non-hydrogen) atoms. The Hall–Kier alpha value is -0.890. The molecule has 0 spiro atoms. The maximum Gasteiger partial charge on any atom is 0.145 e. The molecular formula is C13H14ClNOS. The predicted octanol–water partition coefficient (Wildman–Crippen LogP) is 3.24. The Kier molecular flexibility index (Phi) is 4.16. The van der Waals surface area contributed by atoms with Gasteiger partial charge in [0.15, 0.2) is 0 Å². The van der Waals surface area contributed by atoms with Gasteiger partial charge >= 0.3 is 0 Å². The van der Waals surface area contributed by atoms with Crippen molar-refractivity contribution >= 4 is 29.3 Å². The van der Waals surface area contributed by atoms with Crippen molar-refractivity contribution in [3.05, 3.63) is 34.5 Å². The number of piperidine rings is 1. The molecule has 2 rings (SSSR count). The quantitative estimate of drug-likeness (QED) is 0.659. The van der Waals surface area contributed by atoms with E-state index >= 15 is 0 Å². The molecule has 1 fully saturated rings. The molecule has 0 amide bonds. The van der Waals surface area contributed by atoms with Gasteiger partial charge in [0, 0.05) is 22.9 Å². The molecule has 0 radical (unpaired) electrons. The highest BCUT2D eigenvalue weighted by Gasteiger charge is 2.21. The van der Waals surface area contributed by atoms with E-state index < -0.39 is 0 Å². The number of nitrogens with one attached hydrogen (secondary N) is 1. The summed E-state index contributed by atoms with van der Waals surface area (Å²) < 4.78 is 0. The summed E-state index contributed by atoms with van der Waals surface area (Å²) in [5, 5.41) is 3.84. The van der Waals surface area contributed by atoms with E-state index in [-0.39, 0.29) is 0 Å². The molecule has 0 aliphatic carbocycles. The molecule has 1 aromatic rings. The lowest BCUT2D eigenvalue weighted by Crippen LogP contribution is -2.25. The average molecular weight is 268 g/mol. The molecule has 1 aromatic carbocycles. The highest BCUT2D eigenvalue weighted by Crippen LogP contribution is 2.35. The maximum absolute atomic E-state index is 10.7. The highest BCUT2D eigenvalue weighted by molar-refractivity contribution is 7.98. The number of carbonyl (C=O) groups excluding carboxylic acids is 1. The molecule has 0 saturated carbocycles. The molecular weight excluding hydrogens is 254 g/mol. The summed E-state index contributed by atoms with van der Waals surface area (Å²) >= 11 is 7.70. The zero-order valence-electron chi connectivity index (χ0n) is 9.63. The number of benzene rings is 1. The van der Waals surface area contributed by atoms with Crippen LogP contribution in [0.1, 0.15) is 24.3 Å². The molecule has 1 N–H and O–H groups in total. The molecule has 0 bridgehead atoms. The van der Waals surface area contributed by atoms with Crippen LogP contribution >= 0.6 is 23.4 Å². The first-order valence-corrected chi connectivity index (χ1v) is 7.16. The van der Waals surface area contributed by atoms with Crippen LogP contribution in [-0.2, 0) is 4.79 Å². The molecule has 1 aliphatic heterocycles. The Bertz CT molecular complexity index is 468. The van der Waals surface area contributed by atoms with Gasteiger partial charge in [0.1, 0.15) is 5.94 Å². The van der Waals surface area contributed by atoms with Crippen LogP contribution in [0.4, 0.5) is 0 Å². The Labute approximate surface area is 110 Å². The molecule has 1 unspecified atom stereocenters. The van der Waals surface area contributed by atoms with E-state index in [0.717, 1.165) is 24.4 Å². The van der Waals surface area contributed by atoms with Crippen LogP contribution in [0.3, 0.4) is 0 Å². The summed E-state index contributed by atoms with van der Waals surface area (Å²) in [6, 6.07) is 5.99. The summed E-state index contributed by atoms with van der Waals surface area (Å²) in [5.74, 6) is 2.37. The molecule has 1 saturated heterocycles. The van der Waals surface area contributed by atoms with Crippen LogP contribution in [-0.4, -0.2) is 18.7 Å². The lowest BCUT2D eigenvalue weighted by atomic mass is 9.89. The van der Waals surface area contributed by atoms with E-state index in [2.05, 4.69) is 11.4 Å². The standard InChI is InChI=1S/C13H14ClNOS/c1-17-13-7-10(14)2-3-12(13)9-4-5-15-11(6-9)8-16/h2-3,7,9,15H,4-6H2,1H3. The number of rotatable bonds is 2. The number of thioether (sulfide) groups is 1. The third kappa shape index (κ3) is 2.86. The molecule has 4 heteroatoms. The minimum atomic E-state index is 0.396. The fourth-order valence-electron chi connectivity index (χ4n) is 2.18. The van der Waals surface area contributed by atoms with Crippen molar-refractivity contribution < 1.29 is 4.79 Å². The number of hydrogen-bond donors (Lipinski definition) is 1. The van der Waals surface area contributed by atoms with E-state index in [1.54, 1.807) is 11.8 Å². The number of halogens is 1. The Morgan fingerprint density at radius 3 is 3.06 bits per heavy atom. The van der Waals surface area contributed by atoms with Gasteiger partial charge in [0.2, 0.25) is 0 Å². The molecule has 1 aliphatic rings. The van der Waals surface area contributed by atoms with Crippen molar-refractivity contribution in [1.82, 2.24) is 5.32 Å². The van der Waals surface area contributed by atoms with Crippen molar-refractivity contribution in [1.29, 1.82) is 0 Å². The summed E-state index contributed by atoms with van der Waals surface area (Å²) in [6.45, 7) is 0.839.